The monoisotopic (exact) mass is 1840 g/mol. The summed E-state index contributed by atoms with van der Waals surface area (Å²) in [6.45, 7) is 9.46. The van der Waals surface area contributed by atoms with Crippen LogP contribution in [-0.2, 0) is 66.3 Å². The van der Waals surface area contributed by atoms with E-state index in [4.69, 9.17) is 44.2 Å². The first-order chi connectivity index (χ1) is 64.9. The van der Waals surface area contributed by atoms with Gasteiger partial charge in [0.1, 0.15) is 5.75 Å². The second-order valence-electron chi connectivity index (χ2n) is 31.1. The van der Waals surface area contributed by atoms with Crippen molar-refractivity contribution < 1.29 is 56.5 Å². The first-order valence-electron chi connectivity index (χ1n) is 43.1. The highest BCUT2D eigenvalue weighted by atomic mass is 19.4. The number of piperidine rings is 1. The van der Waals surface area contributed by atoms with Gasteiger partial charge in [0, 0.05) is 53.0 Å². The van der Waals surface area contributed by atoms with Crippen molar-refractivity contribution in [2.24, 2.45) is 70.3 Å². The van der Waals surface area contributed by atoms with Crippen LogP contribution in [0.2, 0.25) is 0 Å². The van der Waals surface area contributed by atoms with E-state index in [0.29, 0.717) is 63.8 Å². The summed E-state index contributed by atoms with van der Waals surface area (Å²) in [5.74, 6) is 1.20. The number of aliphatic hydroxyl groups is 1. The molecule has 1 aliphatic heterocycles. The van der Waals surface area contributed by atoms with E-state index in [9.17, 15) is 41.9 Å². The van der Waals surface area contributed by atoms with Gasteiger partial charge in [0.05, 0.1) is 65.2 Å². The maximum Gasteiger partial charge on any atom is 0.416 e. The number of aliphatic hydroxyl groups excluding tert-OH is 1. The molecule has 1 aliphatic rings. The van der Waals surface area contributed by atoms with Crippen molar-refractivity contribution in [2.45, 2.75) is 91.7 Å². The average molecular weight is 1840 g/mol. The van der Waals surface area contributed by atoms with Crippen LogP contribution in [0.4, 0.5) is 32.3 Å². The number of guanidine groups is 6. The van der Waals surface area contributed by atoms with Gasteiger partial charge in [-0.2, -0.15) is 13.2 Å². The van der Waals surface area contributed by atoms with Gasteiger partial charge >= 0.3 is 30.4 Å². The van der Waals surface area contributed by atoms with Crippen LogP contribution >= 0.6 is 0 Å². The number of benzene rings is 13. The summed E-state index contributed by atoms with van der Waals surface area (Å²) >= 11 is 0. The molecule has 31 nitrogen and oxygen atoms in total. The molecule has 1 fully saturated rings. The third-order valence-electron chi connectivity index (χ3n) is 20.7. The van der Waals surface area contributed by atoms with Crippen LogP contribution in [0.1, 0.15) is 78.1 Å². The predicted molar refractivity (Wildman–Crippen MR) is 532 cm³/mol. The Hall–Kier alpha value is -16.2. The number of fused-ring (bicyclic) bond motifs is 6. The van der Waals surface area contributed by atoms with E-state index >= 15 is 0 Å². The molecule has 0 aromatic heterocycles. The molecule has 1 atom stereocenters. The summed E-state index contributed by atoms with van der Waals surface area (Å²) < 4.78 is 48.6. The lowest BCUT2D eigenvalue weighted by atomic mass is 9.96. The van der Waals surface area contributed by atoms with Crippen molar-refractivity contribution in [1.82, 2.24) is 52.3 Å². The number of hydrogen-bond donors (Lipinski definition) is 15. The molecular formula is C101H115F3N22O9. The number of carbonyl (C=O) groups is 6. The van der Waals surface area contributed by atoms with Gasteiger partial charge in [0.15, 0.2) is 35.8 Å². The fraction of sp³-hybridized carbons (Fsp3) is 0.228. The van der Waals surface area contributed by atoms with Crippen LogP contribution in [0.25, 0.3) is 64.6 Å². The molecule has 704 valence electrons. The number of carbonyl (C=O) groups excluding carboxylic acids is 6. The van der Waals surface area contributed by atoms with Crippen LogP contribution in [0.3, 0.4) is 0 Å². The largest absolute Gasteiger partial charge is 0.496 e. The zero-order chi connectivity index (χ0) is 97.2. The maximum absolute atomic E-state index is 12.9. The van der Waals surface area contributed by atoms with Gasteiger partial charge in [-0.3, -0.25) is 46.4 Å². The number of nitrogens with zero attached hydrogens (tertiary/aromatic N) is 8. The Morgan fingerprint density at radius 1 is 0.415 bits per heavy atom. The zero-order valence-electron chi connectivity index (χ0n) is 76.2. The summed E-state index contributed by atoms with van der Waals surface area (Å²) in [5.41, 5.74) is 40.4. The first-order valence-corrected chi connectivity index (χ1v) is 43.1. The number of nitrogens with two attached hydrogens (primary N) is 6. The lowest BCUT2D eigenvalue weighted by Gasteiger charge is -2.32. The standard InChI is InChI=1S/C27H30F3N5O.C16H20N4O2.C15H18N4O.C15H17N3O2.C14H15N3O2.C14H15N3O/c28-27(29,30)23-9-3-5-20(15-23)18-35-13-11-19(12-14-35)16-33-26(36)34-25(31)32-17-22-8-4-7-21-6-1-2-10-24(21)22;1-11(21)9-19-16(22)20-15(17)18-10-13-7-4-6-12-5-2-3-8-14(12)13;1-19(2)15(20)18-14(16)17-10-12-8-5-7-11-6-3-4-9-13(11)12;1-10(19)18-15(16)17-9-11-7-8-14(20-2)13-6-4-3-5-12(11)13;1-19-14(18)17-13(15)16-9-11-7-4-6-10-5-2-3-8-12(10)11;1-10(18)17-14(15)16-9-12-7-4-6-11-5-2-3-8-13(11)12/h1-10,15,19H,11-14,16-18H2,(H4,31,32,33,34,36);2-8,11,21H,9-10H2,1H3,(H4,17,18,19,20,22);3-9H,10H2,1-2H3,(H3,16,17,18,20);3-8H,9H2,1-2H3,(H3,16,17,18,19);2-8H,9H2,1H3,(H3,15,16,17,18);2-8H,9H2,1H3,(H3,15,16,17,18)/t;11-;;;;/m.1..../s1. The SMILES string of the molecule is CC(=O)NC(N)=NCc1cccc2ccccc12.CN(C)C(=O)NC(N)=NCc1cccc2ccccc12.COC(=O)NC(N)=NCc1cccc2ccccc12.COc1ccc(CN=C(N)NC(C)=O)c2ccccc12.C[C@@H](O)CNC(=O)NC(N)=NCc1cccc2ccccc12.NC(=NCc1cccc2ccccc12)NC(=O)NCC1CCN(Cc2cccc(C(F)(F)F)c2)CC1. The van der Waals surface area contributed by atoms with Crippen LogP contribution in [0.5, 0.6) is 5.75 Å². The molecule has 13 aromatic carbocycles. The minimum absolute atomic E-state index is 0.0380. The number of ether oxygens (including phenoxy) is 2. The summed E-state index contributed by atoms with van der Waals surface area (Å²) in [6.07, 6.45) is -3.87. The molecule has 1 heterocycles. The van der Waals surface area contributed by atoms with E-state index in [1.807, 2.05) is 212 Å². The first kappa shape index (κ1) is 103. The Morgan fingerprint density at radius 2 is 0.733 bits per heavy atom. The van der Waals surface area contributed by atoms with Crippen molar-refractivity contribution >= 4 is 136 Å². The number of alkyl carbamates (subject to hydrolysis) is 1. The molecule has 34 heteroatoms. The molecule has 0 radical (unpaired) electrons. The molecule has 135 heavy (non-hydrogen) atoms. The van der Waals surface area contributed by atoms with Gasteiger partial charge in [-0.25, -0.2) is 49.1 Å². The van der Waals surface area contributed by atoms with E-state index in [0.717, 1.165) is 130 Å². The van der Waals surface area contributed by atoms with Gasteiger partial charge in [-0.1, -0.05) is 261 Å². The van der Waals surface area contributed by atoms with Gasteiger partial charge in [0.2, 0.25) is 11.8 Å². The smallest absolute Gasteiger partial charge is 0.416 e. The number of methoxy groups -OCH3 is 2. The molecule has 9 amide bonds. The van der Waals surface area contributed by atoms with Crippen molar-refractivity contribution in [1.29, 1.82) is 0 Å². The van der Waals surface area contributed by atoms with Crippen LogP contribution < -0.4 is 81.7 Å². The molecule has 0 unspecified atom stereocenters. The molecule has 1 saturated heterocycles. The van der Waals surface area contributed by atoms with Crippen LogP contribution in [0, 0.1) is 5.92 Å². The second kappa shape index (κ2) is 52.6. The lowest BCUT2D eigenvalue weighted by Crippen LogP contribution is -2.46. The van der Waals surface area contributed by atoms with Gasteiger partial charge in [-0.05, 0) is 149 Å². The Labute approximate surface area is 780 Å². The summed E-state index contributed by atoms with van der Waals surface area (Å²) in [5, 5.41) is 42.6. The summed E-state index contributed by atoms with van der Waals surface area (Å²) in [4.78, 5) is 96.4. The van der Waals surface area contributed by atoms with E-state index in [-0.39, 0.29) is 60.1 Å². The Balaban J connectivity index is 0.000000186. The summed E-state index contributed by atoms with van der Waals surface area (Å²) in [7, 11) is 6.21. The van der Waals surface area contributed by atoms with Crippen LogP contribution in [0.15, 0.2) is 303 Å². The number of nitrogens with one attached hydrogen (secondary N) is 8. The quantitative estimate of drug-likeness (QED) is 0.0264. The Morgan fingerprint density at radius 3 is 1.08 bits per heavy atom. The maximum atomic E-state index is 12.9. The highest BCUT2D eigenvalue weighted by Crippen LogP contribution is 2.32. The van der Waals surface area contributed by atoms with Gasteiger partial charge in [0.25, 0.3) is 0 Å². The fourth-order valence-corrected chi connectivity index (χ4v) is 14.0. The van der Waals surface area contributed by atoms with E-state index in [1.54, 1.807) is 34.2 Å². The number of hydrogen-bond acceptors (Lipinski definition) is 16. The predicted octanol–water partition coefficient (Wildman–Crippen LogP) is 13.7. The highest BCUT2D eigenvalue weighted by molar-refractivity contribution is 6.00. The summed E-state index contributed by atoms with van der Waals surface area (Å²) in [6, 6.07) is 86.4. The molecule has 0 spiro atoms. The molecule has 0 saturated carbocycles. The number of urea groups is 3. The van der Waals surface area contributed by atoms with Crippen molar-refractivity contribution in [2.75, 3.05) is 54.5 Å². The number of aliphatic imine (C=N–C) groups is 6. The van der Waals surface area contributed by atoms with Gasteiger partial charge in [-0.15, -0.1) is 0 Å². The van der Waals surface area contributed by atoms with Crippen molar-refractivity contribution in [3.05, 3.63) is 317 Å². The van der Waals surface area contributed by atoms with Crippen LogP contribution in [-0.4, -0.2) is 147 Å². The topological polar surface area (TPSA) is 474 Å². The van der Waals surface area contributed by atoms with E-state index < -0.39 is 36.0 Å². The molecule has 13 aromatic rings. The second-order valence-corrected chi connectivity index (χ2v) is 31.1. The number of rotatable bonds is 19. The normalized spacial score (nSPS) is 12.8. The molecule has 0 aliphatic carbocycles. The minimum Gasteiger partial charge on any atom is -0.496 e. The number of alkyl halides is 3. The van der Waals surface area contributed by atoms with E-state index in [2.05, 4.69) is 119 Å². The molecular weight excluding hydrogens is 1720 g/mol. The zero-order valence-corrected chi connectivity index (χ0v) is 76.2. The average Bonchev–Trinajstić information content (AvgIpc) is 0.798. The highest BCUT2D eigenvalue weighted by Gasteiger charge is 2.31. The number of likely N-dealkylation sites (tertiary alicyclic amines) is 1. The van der Waals surface area contributed by atoms with Gasteiger partial charge < -0.3 is 64.5 Å². The number of halogens is 3. The van der Waals surface area contributed by atoms with E-state index in [1.165, 1.54) is 43.4 Å². The Bertz CT molecular complexity index is 6370. The fourth-order valence-electron chi connectivity index (χ4n) is 14.0. The third-order valence-corrected chi connectivity index (χ3v) is 20.7. The molecule has 0 bridgehead atoms. The third kappa shape index (κ3) is 34.2. The molecule has 21 N–H and O–H groups in total. The number of amides is 9. The minimum atomic E-state index is -4.33. The lowest BCUT2D eigenvalue weighted by molar-refractivity contribution is -0.137. The Kier molecular flexibility index (Phi) is 39.9. The van der Waals surface area contributed by atoms with Crippen molar-refractivity contribution in [3.63, 3.8) is 0 Å². The molecule has 14 rings (SSSR count). The van der Waals surface area contributed by atoms with Crippen molar-refractivity contribution in [3.8, 4) is 5.75 Å².